The average Bonchev–Trinajstić information content (AvgIpc) is 3.01. The summed E-state index contributed by atoms with van der Waals surface area (Å²) in [5.74, 6) is 0.751. The maximum Gasteiger partial charge on any atom is 0.325 e. The van der Waals surface area contributed by atoms with Gasteiger partial charge in [-0.25, -0.2) is 4.79 Å². The van der Waals surface area contributed by atoms with E-state index in [1.54, 1.807) is 36.0 Å². The van der Waals surface area contributed by atoms with E-state index in [0.29, 0.717) is 20.9 Å². The number of carbonyl (C=O) groups is 1. The van der Waals surface area contributed by atoms with E-state index in [-0.39, 0.29) is 0 Å². The molecule has 2 amide bonds. The molecule has 0 fully saturated rings. The molecule has 0 spiro atoms. The van der Waals surface area contributed by atoms with Crippen LogP contribution >= 0.6 is 46.3 Å². The number of amides is 2. The lowest BCUT2D eigenvalue weighted by Crippen LogP contribution is -2.19. The molecule has 0 bridgehead atoms. The van der Waals surface area contributed by atoms with Crippen LogP contribution in [0.1, 0.15) is 5.56 Å². The van der Waals surface area contributed by atoms with Crippen molar-refractivity contribution in [2.24, 2.45) is 0 Å². The molecule has 0 radical (unpaired) electrons. The summed E-state index contributed by atoms with van der Waals surface area (Å²) in [6.45, 7) is 0. The highest BCUT2D eigenvalue weighted by Gasteiger charge is 2.09. The number of nitrogens with one attached hydrogen (secondary N) is 2. The topological polar surface area (TPSA) is 66.9 Å². The molecule has 0 saturated carbocycles. The van der Waals surface area contributed by atoms with E-state index < -0.39 is 6.03 Å². The lowest BCUT2D eigenvalue weighted by atomic mass is 10.2. The zero-order valence-electron chi connectivity index (χ0n) is 12.7. The number of hydrogen-bond donors (Lipinski definition) is 2. The van der Waals surface area contributed by atoms with E-state index in [0.717, 1.165) is 15.7 Å². The van der Waals surface area contributed by atoms with E-state index in [2.05, 4.69) is 20.8 Å². The van der Waals surface area contributed by atoms with Crippen LogP contribution in [0, 0.1) is 0 Å². The van der Waals surface area contributed by atoms with Gasteiger partial charge in [0.1, 0.15) is 0 Å². The molecule has 5 nitrogen and oxygen atoms in total. The highest BCUT2D eigenvalue weighted by molar-refractivity contribution is 8.00. The van der Waals surface area contributed by atoms with Crippen molar-refractivity contribution in [2.75, 3.05) is 10.6 Å². The Morgan fingerprint density at radius 1 is 1.04 bits per heavy atom. The third kappa shape index (κ3) is 5.61. The number of carbonyl (C=O) groups excluding carboxylic acids is 1. The molecule has 0 aliphatic rings. The number of aromatic nitrogens is 2. The first-order valence-electron chi connectivity index (χ1n) is 7.13. The molecule has 9 heteroatoms. The molecule has 1 aromatic heterocycles. The Morgan fingerprint density at radius 3 is 2.60 bits per heavy atom. The second-order valence-corrected chi connectivity index (χ2v) is 7.95. The average molecular weight is 411 g/mol. The highest BCUT2D eigenvalue weighted by Crippen LogP contribution is 2.28. The van der Waals surface area contributed by atoms with E-state index in [9.17, 15) is 4.79 Å². The van der Waals surface area contributed by atoms with Crippen LogP contribution in [0.3, 0.4) is 0 Å². The van der Waals surface area contributed by atoms with Gasteiger partial charge in [0.15, 0.2) is 4.34 Å². The number of benzene rings is 2. The van der Waals surface area contributed by atoms with Crippen LogP contribution in [-0.4, -0.2) is 16.2 Å². The molecule has 0 saturated heterocycles. The van der Waals surface area contributed by atoms with E-state index in [1.165, 1.54) is 11.3 Å². The second kappa shape index (κ2) is 8.53. The predicted octanol–water partition coefficient (Wildman–Crippen LogP) is 5.78. The normalized spacial score (nSPS) is 10.5. The van der Waals surface area contributed by atoms with Crippen LogP contribution in [0.2, 0.25) is 10.0 Å². The fourth-order valence-electron chi connectivity index (χ4n) is 1.87. The first-order valence-corrected chi connectivity index (χ1v) is 9.68. The van der Waals surface area contributed by atoms with Crippen LogP contribution < -0.4 is 10.6 Å². The Balaban J connectivity index is 1.52. The smallest absolute Gasteiger partial charge is 0.308 e. The molecular weight excluding hydrogens is 399 g/mol. The van der Waals surface area contributed by atoms with Crippen molar-refractivity contribution in [3.63, 3.8) is 0 Å². The Kier molecular flexibility index (Phi) is 6.14. The zero-order chi connectivity index (χ0) is 17.6. The maximum absolute atomic E-state index is 12.0. The minimum atomic E-state index is -0.396. The third-order valence-electron chi connectivity index (χ3n) is 2.98. The van der Waals surface area contributed by atoms with Gasteiger partial charge in [-0.2, -0.15) is 0 Å². The van der Waals surface area contributed by atoms with Crippen LogP contribution in [0.15, 0.2) is 52.9 Å². The second-order valence-electron chi connectivity index (χ2n) is 4.88. The first-order chi connectivity index (χ1) is 12.1. The standard InChI is InChI=1S/C16H12Cl2N4OS2/c17-11-6-4-10(5-7-11)9-24-16-22-21-15(25-16)20-14(23)19-13-3-1-2-12(18)8-13/h1-8H,9H2,(H2,19,20,21,23). The summed E-state index contributed by atoms with van der Waals surface area (Å²) < 4.78 is 0.771. The summed E-state index contributed by atoms with van der Waals surface area (Å²) in [6.07, 6.45) is 0. The van der Waals surface area contributed by atoms with Gasteiger partial charge < -0.3 is 5.32 Å². The quantitative estimate of drug-likeness (QED) is 0.413. The number of hydrogen-bond acceptors (Lipinski definition) is 5. The summed E-state index contributed by atoms with van der Waals surface area (Å²) in [5, 5.41) is 15.1. The van der Waals surface area contributed by atoms with Crippen molar-refractivity contribution in [2.45, 2.75) is 10.1 Å². The minimum Gasteiger partial charge on any atom is -0.308 e. The molecule has 0 atom stereocenters. The summed E-state index contributed by atoms with van der Waals surface area (Å²) in [4.78, 5) is 12.0. The van der Waals surface area contributed by atoms with Gasteiger partial charge in [-0.3, -0.25) is 5.32 Å². The molecule has 3 rings (SSSR count). The van der Waals surface area contributed by atoms with E-state index in [1.807, 2.05) is 24.3 Å². The first kappa shape index (κ1) is 18.0. The molecule has 128 valence electrons. The fourth-order valence-corrected chi connectivity index (χ4v) is 3.89. The minimum absolute atomic E-state index is 0.396. The predicted molar refractivity (Wildman–Crippen MR) is 105 cm³/mol. The number of halogens is 2. The largest absolute Gasteiger partial charge is 0.325 e. The van der Waals surface area contributed by atoms with Crippen molar-refractivity contribution in [3.8, 4) is 0 Å². The van der Waals surface area contributed by atoms with Crippen LogP contribution in [0.4, 0.5) is 15.6 Å². The third-order valence-corrected chi connectivity index (χ3v) is 5.52. The van der Waals surface area contributed by atoms with Gasteiger partial charge in [0.05, 0.1) is 0 Å². The number of rotatable bonds is 5. The highest BCUT2D eigenvalue weighted by atomic mass is 35.5. The van der Waals surface area contributed by atoms with Crippen molar-refractivity contribution >= 4 is 63.2 Å². The lowest BCUT2D eigenvalue weighted by Gasteiger charge is -2.04. The van der Waals surface area contributed by atoms with Gasteiger partial charge in [0.2, 0.25) is 5.13 Å². The van der Waals surface area contributed by atoms with Crippen molar-refractivity contribution < 1.29 is 4.79 Å². The molecule has 25 heavy (non-hydrogen) atoms. The molecule has 2 N–H and O–H groups in total. The molecule has 0 aliphatic heterocycles. The lowest BCUT2D eigenvalue weighted by molar-refractivity contribution is 0.262. The van der Waals surface area contributed by atoms with Gasteiger partial charge in [0.25, 0.3) is 0 Å². The Labute approximate surface area is 162 Å². The molecule has 3 aromatic rings. The number of thioether (sulfide) groups is 1. The Bertz CT molecular complexity index is 871. The van der Waals surface area contributed by atoms with Crippen LogP contribution in [0.25, 0.3) is 0 Å². The monoisotopic (exact) mass is 410 g/mol. The Morgan fingerprint density at radius 2 is 1.84 bits per heavy atom. The van der Waals surface area contributed by atoms with Crippen LogP contribution in [0.5, 0.6) is 0 Å². The van der Waals surface area contributed by atoms with Crippen molar-refractivity contribution in [3.05, 3.63) is 64.1 Å². The van der Waals surface area contributed by atoms with E-state index in [4.69, 9.17) is 23.2 Å². The van der Waals surface area contributed by atoms with Crippen molar-refractivity contribution in [1.82, 2.24) is 10.2 Å². The SMILES string of the molecule is O=C(Nc1cccc(Cl)c1)Nc1nnc(SCc2ccc(Cl)cc2)s1. The van der Waals surface area contributed by atoms with Crippen molar-refractivity contribution in [1.29, 1.82) is 0 Å². The molecule has 1 heterocycles. The number of nitrogens with zero attached hydrogens (tertiary/aromatic N) is 2. The fraction of sp³-hybridized carbons (Fsp3) is 0.0625. The Hall–Kier alpha value is -1.80. The summed E-state index contributed by atoms with van der Waals surface area (Å²) in [7, 11) is 0. The van der Waals surface area contributed by atoms with Gasteiger partial charge in [-0.1, -0.05) is 64.5 Å². The summed E-state index contributed by atoms with van der Waals surface area (Å²) in [5.41, 5.74) is 1.74. The molecular formula is C16H12Cl2N4OS2. The van der Waals surface area contributed by atoms with E-state index >= 15 is 0 Å². The van der Waals surface area contributed by atoms with Gasteiger partial charge in [-0.15, -0.1) is 10.2 Å². The van der Waals surface area contributed by atoms with Gasteiger partial charge in [-0.05, 0) is 35.9 Å². The van der Waals surface area contributed by atoms with Crippen LogP contribution in [-0.2, 0) is 5.75 Å². The molecule has 0 unspecified atom stereocenters. The molecule has 2 aromatic carbocycles. The zero-order valence-corrected chi connectivity index (χ0v) is 15.8. The van der Waals surface area contributed by atoms with Gasteiger partial charge in [0, 0.05) is 21.5 Å². The summed E-state index contributed by atoms with van der Waals surface area (Å²) in [6, 6.07) is 14.1. The number of urea groups is 1. The molecule has 0 aliphatic carbocycles. The maximum atomic E-state index is 12.0. The number of anilines is 2. The summed E-state index contributed by atoms with van der Waals surface area (Å²) >= 11 is 14.6. The van der Waals surface area contributed by atoms with Gasteiger partial charge >= 0.3 is 6.03 Å².